The number of rotatable bonds is 3. The molecule has 0 amide bonds. The Morgan fingerprint density at radius 2 is 1.41 bits per heavy atom. The predicted octanol–water partition coefficient (Wildman–Crippen LogP) is 5.06. The maximum absolute atomic E-state index is 13.1. The van der Waals surface area contributed by atoms with Gasteiger partial charge in [-0.05, 0) is 61.0 Å². The zero-order valence-electron chi connectivity index (χ0n) is 12.0. The molecule has 2 aromatic carbocycles. The van der Waals surface area contributed by atoms with Gasteiger partial charge < -0.3 is 4.98 Å². The van der Waals surface area contributed by atoms with E-state index in [0.29, 0.717) is 11.5 Å². The van der Waals surface area contributed by atoms with Crippen LogP contribution in [-0.2, 0) is 0 Å². The summed E-state index contributed by atoms with van der Waals surface area (Å²) in [5.41, 5.74) is 3.82. The molecule has 110 valence electrons. The van der Waals surface area contributed by atoms with E-state index >= 15 is 0 Å². The number of allylic oxidation sites excluding steroid dienone is 1. The second kappa shape index (κ2) is 5.56. The summed E-state index contributed by atoms with van der Waals surface area (Å²) in [5.74, 6) is 0.0492. The number of hydrogen-bond acceptors (Lipinski definition) is 1. The molecule has 4 heteroatoms. The first-order valence-corrected chi connectivity index (χ1v) is 6.82. The molecule has 1 N–H and O–H groups in total. The summed E-state index contributed by atoms with van der Waals surface area (Å²) >= 11 is 0. The van der Waals surface area contributed by atoms with Gasteiger partial charge in [0, 0.05) is 11.1 Å². The molecule has 0 bridgehead atoms. The van der Waals surface area contributed by atoms with E-state index in [0.717, 1.165) is 22.4 Å². The van der Waals surface area contributed by atoms with Gasteiger partial charge in [0.15, 0.2) is 0 Å². The van der Waals surface area contributed by atoms with Crippen LogP contribution in [0, 0.1) is 11.6 Å². The van der Waals surface area contributed by atoms with E-state index in [1.54, 1.807) is 24.3 Å². The van der Waals surface area contributed by atoms with Crippen molar-refractivity contribution in [1.82, 2.24) is 9.97 Å². The topological polar surface area (TPSA) is 28.7 Å². The largest absolute Gasteiger partial charge is 0.338 e. The molecule has 22 heavy (non-hydrogen) atoms. The Bertz CT molecular complexity index is 752. The molecule has 0 radical (unpaired) electrons. The molecule has 3 aromatic rings. The summed E-state index contributed by atoms with van der Waals surface area (Å²) in [5, 5.41) is 0. The van der Waals surface area contributed by atoms with Crippen molar-refractivity contribution in [3.05, 3.63) is 72.6 Å². The molecular weight excluding hydrogens is 282 g/mol. The molecular formula is C18H14F2N2. The normalized spacial score (nSPS) is 10.7. The molecule has 1 heterocycles. The van der Waals surface area contributed by atoms with Crippen molar-refractivity contribution >= 4 is 5.57 Å². The Kier molecular flexibility index (Phi) is 3.59. The summed E-state index contributed by atoms with van der Waals surface area (Å²) < 4.78 is 26.2. The lowest BCUT2D eigenvalue weighted by atomic mass is 10.1. The van der Waals surface area contributed by atoms with Gasteiger partial charge in [-0.15, -0.1) is 0 Å². The smallest absolute Gasteiger partial charge is 0.133 e. The molecule has 3 rings (SSSR count). The number of benzene rings is 2. The average molecular weight is 296 g/mol. The number of H-pyrrole nitrogens is 1. The van der Waals surface area contributed by atoms with Gasteiger partial charge in [-0.25, -0.2) is 13.8 Å². The van der Waals surface area contributed by atoms with Crippen molar-refractivity contribution < 1.29 is 8.78 Å². The minimum absolute atomic E-state index is 0.299. The van der Waals surface area contributed by atoms with Crippen LogP contribution in [0.25, 0.3) is 28.1 Å². The van der Waals surface area contributed by atoms with Crippen LogP contribution in [0.15, 0.2) is 55.1 Å². The van der Waals surface area contributed by atoms with Gasteiger partial charge in [0.1, 0.15) is 17.5 Å². The van der Waals surface area contributed by atoms with Gasteiger partial charge in [0.05, 0.1) is 11.4 Å². The standard InChI is InChI=1S/C18H14F2N2/c1-11(2)18-21-16(12-3-7-14(19)8-4-12)17(22-18)13-5-9-15(20)10-6-13/h3-10H,1H2,2H3,(H,21,22). The van der Waals surface area contributed by atoms with Crippen LogP contribution in [0.5, 0.6) is 0 Å². The Balaban J connectivity index is 2.17. The third-order valence-electron chi connectivity index (χ3n) is 3.36. The van der Waals surface area contributed by atoms with E-state index in [9.17, 15) is 8.78 Å². The highest BCUT2D eigenvalue weighted by atomic mass is 19.1. The molecule has 0 unspecified atom stereocenters. The first-order chi connectivity index (χ1) is 10.5. The fourth-order valence-electron chi connectivity index (χ4n) is 2.22. The number of aromatic amines is 1. The van der Waals surface area contributed by atoms with E-state index in [-0.39, 0.29) is 11.6 Å². The van der Waals surface area contributed by atoms with Crippen molar-refractivity contribution in [3.63, 3.8) is 0 Å². The summed E-state index contributed by atoms with van der Waals surface area (Å²) in [6, 6.07) is 12.3. The van der Waals surface area contributed by atoms with Gasteiger partial charge >= 0.3 is 0 Å². The van der Waals surface area contributed by atoms with Crippen molar-refractivity contribution in [3.8, 4) is 22.5 Å². The molecule has 2 nitrogen and oxygen atoms in total. The lowest BCUT2D eigenvalue weighted by molar-refractivity contribution is 0.627. The van der Waals surface area contributed by atoms with E-state index < -0.39 is 0 Å². The highest BCUT2D eigenvalue weighted by Crippen LogP contribution is 2.31. The van der Waals surface area contributed by atoms with Crippen molar-refractivity contribution in [2.45, 2.75) is 6.92 Å². The average Bonchev–Trinajstić information content (AvgIpc) is 2.94. The fourth-order valence-corrected chi connectivity index (χ4v) is 2.22. The Morgan fingerprint density at radius 1 is 0.909 bits per heavy atom. The second-order valence-electron chi connectivity index (χ2n) is 5.10. The monoisotopic (exact) mass is 296 g/mol. The molecule has 0 aliphatic rings. The van der Waals surface area contributed by atoms with Crippen molar-refractivity contribution in [2.75, 3.05) is 0 Å². The van der Waals surface area contributed by atoms with Crippen LogP contribution in [0.1, 0.15) is 12.7 Å². The fraction of sp³-hybridized carbons (Fsp3) is 0.0556. The lowest BCUT2D eigenvalue weighted by Gasteiger charge is -2.03. The Morgan fingerprint density at radius 3 is 1.91 bits per heavy atom. The van der Waals surface area contributed by atoms with Crippen LogP contribution in [0.4, 0.5) is 8.78 Å². The Labute approximate surface area is 127 Å². The highest BCUT2D eigenvalue weighted by Gasteiger charge is 2.14. The molecule has 0 spiro atoms. The number of nitrogens with zero attached hydrogens (tertiary/aromatic N) is 1. The zero-order chi connectivity index (χ0) is 15.7. The second-order valence-corrected chi connectivity index (χ2v) is 5.10. The highest BCUT2D eigenvalue weighted by molar-refractivity contribution is 5.80. The van der Waals surface area contributed by atoms with E-state index in [4.69, 9.17) is 0 Å². The quantitative estimate of drug-likeness (QED) is 0.719. The van der Waals surface area contributed by atoms with Crippen molar-refractivity contribution in [2.24, 2.45) is 0 Å². The first kappa shape index (κ1) is 14.2. The molecule has 0 saturated carbocycles. The molecule has 0 aliphatic carbocycles. The minimum atomic E-state index is -0.303. The number of halogens is 2. The SMILES string of the molecule is C=C(C)c1nc(-c2ccc(F)cc2)c(-c2ccc(F)cc2)[nH]1. The third kappa shape index (κ3) is 2.68. The molecule has 1 aromatic heterocycles. The zero-order valence-corrected chi connectivity index (χ0v) is 12.0. The van der Waals surface area contributed by atoms with Crippen LogP contribution in [-0.4, -0.2) is 9.97 Å². The summed E-state index contributed by atoms with van der Waals surface area (Å²) in [4.78, 5) is 7.74. The van der Waals surface area contributed by atoms with Crippen LogP contribution < -0.4 is 0 Å². The summed E-state index contributed by atoms with van der Waals surface area (Å²) in [6.45, 7) is 5.73. The number of imidazole rings is 1. The number of aromatic nitrogens is 2. The first-order valence-electron chi connectivity index (χ1n) is 6.82. The molecule has 0 fully saturated rings. The number of nitrogens with one attached hydrogen (secondary N) is 1. The predicted molar refractivity (Wildman–Crippen MR) is 84.1 cm³/mol. The van der Waals surface area contributed by atoms with Gasteiger partial charge in [0.2, 0.25) is 0 Å². The molecule has 0 atom stereocenters. The van der Waals surface area contributed by atoms with E-state index in [1.807, 2.05) is 6.92 Å². The van der Waals surface area contributed by atoms with Crippen molar-refractivity contribution in [1.29, 1.82) is 0 Å². The van der Waals surface area contributed by atoms with Crippen LogP contribution in [0.3, 0.4) is 0 Å². The maximum Gasteiger partial charge on any atom is 0.133 e. The van der Waals surface area contributed by atoms with Gasteiger partial charge in [-0.1, -0.05) is 6.58 Å². The van der Waals surface area contributed by atoms with E-state index in [1.165, 1.54) is 24.3 Å². The number of hydrogen-bond donors (Lipinski definition) is 1. The molecule has 0 saturated heterocycles. The van der Waals surface area contributed by atoms with Gasteiger partial charge in [-0.3, -0.25) is 0 Å². The summed E-state index contributed by atoms with van der Waals surface area (Å²) in [7, 11) is 0. The lowest BCUT2D eigenvalue weighted by Crippen LogP contribution is -1.85. The van der Waals surface area contributed by atoms with Crippen LogP contribution in [0.2, 0.25) is 0 Å². The third-order valence-corrected chi connectivity index (χ3v) is 3.36. The van der Waals surface area contributed by atoms with E-state index in [2.05, 4.69) is 16.5 Å². The Hall–Kier alpha value is -2.75. The van der Waals surface area contributed by atoms with Gasteiger partial charge in [0.25, 0.3) is 0 Å². The minimum Gasteiger partial charge on any atom is -0.338 e. The summed E-state index contributed by atoms with van der Waals surface area (Å²) in [6.07, 6.45) is 0. The maximum atomic E-state index is 13.1. The van der Waals surface area contributed by atoms with Gasteiger partial charge in [-0.2, -0.15) is 0 Å². The van der Waals surface area contributed by atoms with Crippen LogP contribution >= 0.6 is 0 Å². The molecule has 0 aliphatic heterocycles.